The molecule has 1 aromatic carbocycles. The van der Waals surface area contributed by atoms with E-state index in [1.165, 1.54) is 6.07 Å². The summed E-state index contributed by atoms with van der Waals surface area (Å²) in [6, 6.07) is 6.63. The second kappa shape index (κ2) is 6.02. The van der Waals surface area contributed by atoms with Gasteiger partial charge in [0.05, 0.1) is 11.7 Å². The van der Waals surface area contributed by atoms with Crippen molar-refractivity contribution in [2.75, 3.05) is 11.9 Å². The minimum absolute atomic E-state index is 0.0140. The standard InChI is InChI=1S/C17H19F2N3O/c1-11(2)16-15-4-3-7-21(15)8-9-22(16)17(23)20-14-6-5-12(18)10-13(14)19/h3-7,10-11,16H,8-9H2,1-2H3,(H,20,23). The molecule has 1 aliphatic heterocycles. The zero-order chi connectivity index (χ0) is 16.6. The molecule has 6 heteroatoms. The van der Waals surface area contributed by atoms with E-state index < -0.39 is 11.6 Å². The number of fused-ring (bicyclic) bond motifs is 1. The molecule has 2 aromatic rings. The van der Waals surface area contributed by atoms with Crippen molar-refractivity contribution in [3.8, 4) is 0 Å². The van der Waals surface area contributed by atoms with Crippen LogP contribution in [0.2, 0.25) is 0 Å². The molecule has 0 radical (unpaired) electrons. The molecular weight excluding hydrogens is 300 g/mol. The molecule has 1 aromatic heterocycles. The summed E-state index contributed by atoms with van der Waals surface area (Å²) in [7, 11) is 0. The van der Waals surface area contributed by atoms with Gasteiger partial charge in [-0.25, -0.2) is 13.6 Å². The number of aromatic nitrogens is 1. The van der Waals surface area contributed by atoms with Crippen LogP contribution in [0.25, 0.3) is 0 Å². The molecule has 1 unspecified atom stereocenters. The van der Waals surface area contributed by atoms with E-state index in [1.807, 2.05) is 32.2 Å². The van der Waals surface area contributed by atoms with E-state index in [0.29, 0.717) is 13.1 Å². The van der Waals surface area contributed by atoms with Crippen LogP contribution in [-0.4, -0.2) is 22.0 Å². The summed E-state index contributed by atoms with van der Waals surface area (Å²) < 4.78 is 28.8. The summed E-state index contributed by atoms with van der Waals surface area (Å²) in [5, 5.41) is 2.55. The van der Waals surface area contributed by atoms with Gasteiger partial charge in [0.25, 0.3) is 0 Å². The van der Waals surface area contributed by atoms with Crippen LogP contribution < -0.4 is 5.32 Å². The first kappa shape index (κ1) is 15.5. The molecule has 2 heterocycles. The maximum Gasteiger partial charge on any atom is 0.322 e. The summed E-state index contributed by atoms with van der Waals surface area (Å²) in [6.07, 6.45) is 2.00. The van der Waals surface area contributed by atoms with Gasteiger partial charge in [-0.1, -0.05) is 13.8 Å². The van der Waals surface area contributed by atoms with Crippen LogP contribution in [0.4, 0.5) is 19.3 Å². The molecule has 0 aliphatic carbocycles. The van der Waals surface area contributed by atoms with Crippen molar-refractivity contribution >= 4 is 11.7 Å². The smallest absolute Gasteiger partial charge is 0.322 e. The number of amides is 2. The van der Waals surface area contributed by atoms with Crippen molar-refractivity contribution in [1.29, 1.82) is 0 Å². The fourth-order valence-corrected chi connectivity index (χ4v) is 3.12. The van der Waals surface area contributed by atoms with Crippen molar-refractivity contribution in [2.45, 2.75) is 26.4 Å². The fourth-order valence-electron chi connectivity index (χ4n) is 3.12. The lowest BCUT2D eigenvalue weighted by Gasteiger charge is -2.39. The maximum atomic E-state index is 13.7. The Balaban J connectivity index is 1.84. The molecule has 0 fully saturated rings. The monoisotopic (exact) mass is 319 g/mol. The first-order valence-corrected chi connectivity index (χ1v) is 7.65. The molecular formula is C17H19F2N3O. The topological polar surface area (TPSA) is 37.3 Å². The molecule has 1 atom stereocenters. The number of urea groups is 1. The van der Waals surface area contributed by atoms with Crippen LogP contribution in [0.1, 0.15) is 25.6 Å². The van der Waals surface area contributed by atoms with Crippen LogP contribution in [0.3, 0.4) is 0 Å². The second-order valence-electron chi connectivity index (χ2n) is 6.06. The molecule has 0 saturated carbocycles. The quantitative estimate of drug-likeness (QED) is 0.892. The zero-order valence-electron chi connectivity index (χ0n) is 13.1. The van der Waals surface area contributed by atoms with E-state index in [9.17, 15) is 13.6 Å². The van der Waals surface area contributed by atoms with Crippen molar-refractivity contribution in [3.05, 3.63) is 53.9 Å². The number of nitrogens with one attached hydrogen (secondary N) is 1. The highest BCUT2D eigenvalue weighted by molar-refractivity contribution is 5.89. The normalized spacial score (nSPS) is 17.3. The number of hydrogen-bond donors (Lipinski definition) is 1. The van der Waals surface area contributed by atoms with Gasteiger partial charge < -0.3 is 14.8 Å². The SMILES string of the molecule is CC(C)C1c2cccn2CCN1C(=O)Nc1ccc(F)cc1F. The molecule has 23 heavy (non-hydrogen) atoms. The summed E-state index contributed by atoms with van der Waals surface area (Å²) in [4.78, 5) is 14.3. The average Bonchev–Trinajstić information content (AvgIpc) is 2.97. The first-order chi connectivity index (χ1) is 11.0. The van der Waals surface area contributed by atoms with Crippen molar-refractivity contribution in [2.24, 2.45) is 5.92 Å². The van der Waals surface area contributed by atoms with Gasteiger partial charge in [0.1, 0.15) is 11.6 Å². The van der Waals surface area contributed by atoms with E-state index in [2.05, 4.69) is 9.88 Å². The summed E-state index contributed by atoms with van der Waals surface area (Å²) in [5.74, 6) is -1.23. The molecule has 1 aliphatic rings. The van der Waals surface area contributed by atoms with Crippen molar-refractivity contribution in [1.82, 2.24) is 9.47 Å². The second-order valence-corrected chi connectivity index (χ2v) is 6.06. The Bertz CT molecular complexity index is 726. The Labute approximate surface area is 133 Å². The van der Waals surface area contributed by atoms with Gasteiger partial charge in [-0.05, 0) is 30.2 Å². The number of carbonyl (C=O) groups is 1. The molecule has 122 valence electrons. The van der Waals surface area contributed by atoms with Gasteiger partial charge in [0, 0.05) is 31.0 Å². The van der Waals surface area contributed by atoms with Crippen molar-refractivity contribution in [3.63, 3.8) is 0 Å². The number of halogens is 2. The minimum atomic E-state index is -0.778. The van der Waals surface area contributed by atoms with Gasteiger partial charge in [-0.2, -0.15) is 0 Å². The lowest BCUT2D eigenvalue weighted by atomic mass is 9.97. The summed E-state index contributed by atoms with van der Waals surface area (Å²) in [6.45, 7) is 5.34. The van der Waals surface area contributed by atoms with Crippen LogP contribution >= 0.6 is 0 Å². The first-order valence-electron chi connectivity index (χ1n) is 7.65. The Morgan fingerprint density at radius 3 is 2.74 bits per heavy atom. The van der Waals surface area contributed by atoms with E-state index >= 15 is 0 Å². The fraction of sp³-hybridized carbons (Fsp3) is 0.353. The van der Waals surface area contributed by atoms with E-state index in [1.54, 1.807) is 4.90 Å². The van der Waals surface area contributed by atoms with E-state index in [-0.39, 0.29) is 23.7 Å². The molecule has 0 bridgehead atoms. The van der Waals surface area contributed by atoms with Gasteiger partial charge in [-0.3, -0.25) is 0 Å². The average molecular weight is 319 g/mol. The van der Waals surface area contributed by atoms with Crippen LogP contribution in [0.15, 0.2) is 36.5 Å². The number of carbonyl (C=O) groups excluding carboxylic acids is 1. The summed E-state index contributed by atoms with van der Waals surface area (Å²) in [5.41, 5.74) is 1.06. The molecule has 1 N–H and O–H groups in total. The lowest BCUT2D eigenvalue weighted by molar-refractivity contribution is 0.143. The number of hydrogen-bond acceptors (Lipinski definition) is 1. The third-order valence-electron chi connectivity index (χ3n) is 4.15. The number of rotatable bonds is 2. The number of anilines is 1. The Morgan fingerprint density at radius 1 is 1.26 bits per heavy atom. The highest BCUT2D eigenvalue weighted by Gasteiger charge is 2.33. The Morgan fingerprint density at radius 2 is 2.04 bits per heavy atom. The van der Waals surface area contributed by atoms with E-state index in [4.69, 9.17) is 0 Å². The largest absolute Gasteiger partial charge is 0.348 e. The van der Waals surface area contributed by atoms with E-state index in [0.717, 1.165) is 17.8 Å². The maximum absolute atomic E-state index is 13.7. The van der Waals surface area contributed by atoms with Crippen molar-refractivity contribution < 1.29 is 13.6 Å². The minimum Gasteiger partial charge on any atom is -0.348 e. The molecule has 0 spiro atoms. The highest BCUT2D eigenvalue weighted by atomic mass is 19.1. The van der Waals surface area contributed by atoms with Crippen LogP contribution in [0.5, 0.6) is 0 Å². The van der Waals surface area contributed by atoms with Gasteiger partial charge in [0.2, 0.25) is 0 Å². The zero-order valence-corrected chi connectivity index (χ0v) is 13.1. The number of nitrogens with zero attached hydrogens (tertiary/aromatic N) is 2. The predicted octanol–water partition coefficient (Wildman–Crippen LogP) is 4.01. The third-order valence-corrected chi connectivity index (χ3v) is 4.15. The Kier molecular flexibility index (Phi) is 4.07. The lowest BCUT2D eigenvalue weighted by Crippen LogP contribution is -2.45. The predicted molar refractivity (Wildman–Crippen MR) is 84.1 cm³/mol. The highest BCUT2D eigenvalue weighted by Crippen LogP contribution is 2.32. The molecule has 3 rings (SSSR count). The number of benzene rings is 1. The Hall–Kier alpha value is -2.37. The third kappa shape index (κ3) is 2.93. The van der Waals surface area contributed by atoms with Crippen LogP contribution in [0, 0.1) is 17.6 Å². The molecule has 0 saturated heterocycles. The molecule has 2 amide bonds. The van der Waals surface area contributed by atoms with Gasteiger partial charge in [-0.15, -0.1) is 0 Å². The van der Waals surface area contributed by atoms with Crippen LogP contribution in [-0.2, 0) is 6.54 Å². The summed E-state index contributed by atoms with van der Waals surface area (Å²) >= 11 is 0. The van der Waals surface area contributed by atoms with Gasteiger partial charge >= 0.3 is 6.03 Å². The van der Waals surface area contributed by atoms with Gasteiger partial charge in [0.15, 0.2) is 0 Å². The molecule has 4 nitrogen and oxygen atoms in total.